The Kier molecular flexibility index (Phi) is 4.76. The molecule has 0 unspecified atom stereocenters. The second-order valence-corrected chi connectivity index (χ2v) is 7.26. The van der Waals surface area contributed by atoms with E-state index in [1.165, 1.54) is 30.3 Å². The molecule has 2 amide bonds. The Morgan fingerprint density at radius 2 is 2.14 bits per heavy atom. The van der Waals surface area contributed by atoms with Crippen LogP contribution in [0, 0.1) is 0 Å². The van der Waals surface area contributed by atoms with Gasteiger partial charge in [-0.05, 0) is 38.5 Å². The van der Waals surface area contributed by atoms with E-state index in [1.807, 2.05) is 0 Å². The van der Waals surface area contributed by atoms with Crippen molar-refractivity contribution in [2.45, 2.75) is 57.9 Å². The van der Waals surface area contributed by atoms with Crippen LogP contribution in [-0.4, -0.2) is 40.8 Å². The zero-order valence-corrected chi connectivity index (χ0v) is 13.9. The molecule has 120 valence electrons. The number of aryl methyl sites for hydroxylation is 2. The summed E-state index contributed by atoms with van der Waals surface area (Å²) < 4.78 is 0. The maximum Gasteiger partial charge on any atom is 0.242 e. The van der Waals surface area contributed by atoms with Crippen LogP contribution in [0.4, 0.5) is 0 Å². The first-order valence-electron chi connectivity index (χ1n) is 8.17. The lowest BCUT2D eigenvalue weighted by Crippen LogP contribution is -2.45. The van der Waals surface area contributed by atoms with Gasteiger partial charge in [-0.25, -0.2) is 4.98 Å². The summed E-state index contributed by atoms with van der Waals surface area (Å²) in [5.74, 6) is -0.0285. The van der Waals surface area contributed by atoms with Crippen molar-refractivity contribution in [1.29, 1.82) is 0 Å². The first-order chi connectivity index (χ1) is 10.6. The molecule has 1 aliphatic carbocycles. The van der Waals surface area contributed by atoms with E-state index in [4.69, 9.17) is 4.98 Å². The van der Waals surface area contributed by atoms with Crippen molar-refractivity contribution in [3.8, 4) is 0 Å². The molecule has 6 heteroatoms. The van der Waals surface area contributed by atoms with Gasteiger partial charge in [-0.3, -0.25) is 9.59 Å². The van der Waals surface area contributed by atoms with Crippen molar-refractivity contribution in [3.63, 3.8) is 0 Å². The Bertz CT molecular complexity index is 546. The molecular formula is C16H23N3O2S. The molecule has 1 saturated heterocycles. The molecule has 0 aromatic carbocycles. The number of carbonyl (C=O) groups excluding carboxylic acids is 2. The minimum atomic E-state index is -0.276. The Balaban J connectivity index is 1.49. The third-order valence-electron chi connectivity index (χ3n) is 4.49. The van der Waals surface area contributed by atoms with Gasteiger partial charge >= 0.3 is 0 Å². The topological polar surface area (TPSA) is 62.3 Å². The molecule has 1 atom stereocenters. The number of amides is 2. The van der Waals surface area contributed by atoms with E-state index in [0.717, 1.165) is 37.1 Å². The molecular weight excluding hydrogens is 298 g/mol. The monoisotopic (exact) mass is 321 g/mol. The smallest absolute Gasteiger partial charge is 0.242 e. The highest BCUT2D eigenvalue weighted by Crippen LogP contribution is 2.26. The van der Waals surface area contributed by atoms with Gasteiger partial charge in [0.25, 0.3) is 0 Å². The van der Waals surface area contributed by atoms with Crippen molar-refractivity contribution in [3.05, 3.63) is 15.6 Å². The summed E-state index contributed by atoms with van der Waals surface area (Å²) in [4.78, 5) is 31.5. The van der Waals surface area contributed by atoms with E-state index in [-0.39, 0.29) is 17.9 Å². The van der Waals surface area contributed by atoms with E-state index in [9.17, 15) is 9.59 Å². The van der Waals surface area contributed by atoms with Crippen LogP contribution in [0.5, 0.6) is 0 Å². The minimum Gasteiger partial charge on any atom is -0.354 e. The van der Waals surface area contributed by atoms with Gasteiger partial charge in [0.05, 0.1) is 10.7 Å². The lowest BCUT2D eigenvalue weighted by Gasteiger charge is -2.22. The van der Waals surface area contributed by atoms with Gasteiger partial charge in [-0.15, -0.1) is 11.3 Å². The average Bonchev–Trinajstić information content (AvgIpc) is 3.13. The number of aromatic nitrogens is 1. The van der Waals surface area contributed by atoms with E-state index in [1.54, 1.807) is 16.2 Å². The lowest BCUT2D eigenvalue weighted by molar-refractivity contribution is -0.136. The third-order valence-corrected chi connectivity index (χ3v) is 5.71. The van der Waals surface area contributed by atoms with Gasteiger partial charge in [-0.2, -0.15) is 0 Å². The molecule has 0 bridgehead atoms. The molecule has 0 saturated carbocycles. The SMILES string of the molecule is CC(=O)N1CCC[C@H]1C(=O)NCCc1nc2c(s1)CCCC2. The summed E-state index contributed by atoms with van der Waals surface area (Å²) >= 11 is 1.80. The van der Waals surface area contributed by atoms with Crippen LogP contribution in [0.2, 0.25) is 0 Å². The Morgan fingerprint density at radius 1 is 1.32 bits per heavy atom. The molecule has 3 rings (SSSR count). The number of hydrogen-bond donors (Lipinski definition) is 1. The van der Waals surface area contributed by atoms with Crippen LogP contribution in [0.25, 0.3) is 0 Å². The summed E-state index contributed by atoms with van der Waals surface area (Å²) in [5, 5.41) is 4.10. The molecule has 1 aromatic rings. The molecule has 0 spiro atoms. The Morgan fingerprint density at radius 3 is 2.91 bits per heavy atom. The maximum absolute atomic E-state index is 12.2. The number of hydrogen-bond acceptors (Lipinski definition) is 4. The Labute approximate surface area is 135 Å². The van der Waals surface area contributed by atoms with E-state index >= 15 is 0 Å². The van der Waals surface area contributed by atoms with Crippen molar-refractivity contribution in [2.24, 2.45) is 0 Å². The quantitative estimate of drug-likeness (QED) is 0.918. The number of likely N-dealkylation sites (tertiary alicyclic amines) is 1. The molecule has 22 heavy (non-hydrogen) atoms. The minimum absolute atomic E-state index is 0.00903. The molecule has 5 nitrogen and oxygen atoms in total. The van der Waals surface area contributed by atoms with Crippen molar-refractivity contribution in [1.82, 2.24) is 15.2 Å². The van der Waals surface area contributed by atoms with Gasteiger partial charge in [0.15, 0.2) is 0 Å². The number of fused-ring (bicyclic) bond motifs is 1. The molecule has 0 radical (unpaired) electrons. The van der Waals surface area contributed by atoms with Gasteiger partial charge in [0.1, 0.15) is 6.04 Å². The summed E-state index contributed by atoms with van der Waals surface area (Å²) in [6, 6.07) is -0.276. The number of thiazole rings is 1. The standard InChI is InChI=1S/C16H23N3O2S/c1-11(20)19-10-4-6-13(19)16(21)17-9-8-15-18-12-5-2-3-7-14(12)22-15/h13H,2-10H2,1H3,(H,17,21)/t13-/m0/s1. The highest BCUT2D eigenvalue weighted by molar-refractivity contribution is 7.11. The Hall–Kier alpha value is -1.43. The second-order valence-electron chi connectivity index (χ2n) is 6.10. The third kappa shape index (κ3) is 3.32. The fourth-order valence-electron chi connectivity index (χ4n) is 3.34. The van der Waals surface area contributed by atoms with Crippen molar-refractivity contribution >= 4 is 23.2 Å². The van der Waals surface area contributed by atoms with Crippen LogP contribution >= 0.6 is 11.3 Å². The number of carbonyl (C=O) groups is 2. The number of nitrogens with one attached hydrogen (secondary N) is 1. The zero-order valence-electron chi connectivity index (χ0n) is 13.1. The molecule has 1 fully saturated rings. The first-order valence-corrected chi connectivity index (χ1v) is 8.99. The largest absolute Gasteiger partial charge is 0.354 e. The lowest BCUT2D eigenvalue weighted by atomic mass is 10.0. The van der Waals surface area contributed by atoms with Gasteiger partial charge in [-0.1, -0.05) is 0 Å². The van der Waals surface area contributed by atoms with Crippen LogP contribution in [0.1, 0.15) is 48.2 Å². The second kappa shape index (κ2) is 6.77. The summed E-state index contributed by atoms with van der Waals surface area (Å²) in [6.45, 7) is 2.84. The zero-order chi connectivity index (χ0) is 15.5. The highest BCUT2D eigenvalue weighted by Gasteiger charge is 2.31. The van der Waals surface area contributed by atoms with Gasteiger partial charge in [0, 0.05) is 31.3 Å². The number of nitrogens with zero attached hydrogens (tertiary/aromatic N) is 2. The van der Waals surface area contributed by atoms with Crippen LogP contribution in [0.3, 0.4) is 0 Å². The summed E-state index contributed by atoms with van der Waals surface area (Å²) in [5.41, 5.74) is 1.27. The predicted octanol–water partition coefficient (Wildman–Crippen LogP) is 1.69. The fraction of sp³-hybridized carbons (Fsp3) is 0.688. The van der Waals surface area contributed by atoms with E-state index < -0.39 is 0 Å². The summed E-state index contributed by atoms with van der Waals surface area (Å²) in [6.07, 6.45) is 7.26. The predicted molar refractivity (Wildman–Crippen MR) is 85.9 cm³/mol. The molecule has 1 N–H and O–H groups in total. The average molecular weight is 321 g/mol. The molecule has 2 aliphatic rings. The normalized spacial score (nSPS) is 20.8. The van der Waals surface area contributed by atoms with Crippen LogP contribution in [-0.2, 0) is 28.9 Å². The highest BCUT2D eigenvalue weighted by atomic mass is 32.1. The van der Waals surface area contributed by atoms with Gasteiger partial charge < -0.3 is 10.2 Å². The van der Waals surface area contributed by atoms with Crippen molar-refractivity contribution < 1.29 is 9.59 Å². The fourth-order valence-corrected chi connectivity index (χ4v) is 4.50. The molecule has 2 heterocycles. The van der Waals surface area contributed by atoms with Crippen molar-refractivity contribution in [2.75, 3.05) is 13.1 Å². The maximum atomic E-state index is 12.2. The summed E-state index contributed by atoms with van der Waals surface area (Å²) in [7, 11) is 0. The molecule has 1 aromatic heterocycles. The first kappa shape index (κ1) is 15.5. The van der Waals surface area contributed by atoms with Crippen LogP contribution in [0.15, 0.2) is 0 Å². The van der Waals surface area contributed by atoms with Gasteiger partial charge in [0.2, 0.25) is 11.8 Å². The van der Waals surface area contributed by atoms with E-state index in [2.05, 4.69) is 5.32 Å². The molecule has 1 aliphatic heterocycles. The number of rotatable bonds is 4. The van der Waals surface area contributed by atoms with Crippen LogP contribution < -0.4 is 5.32 Å². The van der Waals surface area contributed by atoms with E-state index in [0.29, 0.717) is 13.1 Å².